The molecule has 102 valence electrons. The van der Waals surface area contributed by atoms with Crippen LogP contribution in [0.2, 0.25) is 0 Å². The van der Waals surface area contributed by atoms with E-state index in [1.165, 1.54) is 6.07 Å². The molecule has 2 N–H and O–H groups in total. The summed E-state index contributed by atoms with van der Waals surface area (Å²) in [5, 5.41) is 12.5. The fourth-order valence-corrected chi connectivity index (χ4v) is 2.17. The molecule has 0 aliphatic carbocycles. The first-order valence-corrected chi connectivity index (χ1v) is 6.65. The predicted octanol–water partition coefficient (Wildman–Crippen LogP) is 2.75. The second-order valence-corrected chi connectivity index (χ2v) is 5.23. The van der Waals surface area contributed by atoms with Crippen molar-refractivity contribution in [1.29, 1.82) is 0 Å². The van der Waals surface area contributed by atoms with E-state index in [1.54, 1.807) is 6.07 Å². The highest BCUT2D eigenvalue weighted by Crippen LogP contribution is 2.12. The van der Waals surface area contributed by atoms with Gasteiger partial charge in [-0.1, -0.05) is 32.0 Å². The van der Waals surface area contributed by atoms with Crippen LogP contribution in [0.4, 0.5) is 4.39 Å². The number of hydrogen-bond donors (Lipinski definition) is 2. The maximum Gasteiger partial charge on any atom is 0.126 e. The minimum atomic E-state index is -0.144. The maximum atomic E-state index is 13.5. The third-order valence-corrected chi connectivity index (χ3v) is 3.23. The van der Waals surface area contributed by atoms with E-state index in [-0.39, 0.29) is 24.5 Å². The summed E-state index contributed by atoms with van der Waals surface area (Å²) in [4.78, 5) is 0. The summed E-state index contributed by atoms with van der Waals surface area (Å²) in [6.45, 7) is 6.49. The molecule has 1 aromatic carbocycles. The molecule has 0 aliphatic heterocycles. The molecule has 18 heavy (non-hydrogen) atoms. The number of aliphatic hydroxyl groups excluding tert-OH is 1. The highest BCUT2D eigenvalue weighted by molar-refractivity contribution is 5.18. The van der Waals surface area contributed by atoms with Gasteiger partial charge in [0.15, 0.2) is 0 Å². The summed E-state index contributed by atoms with van der Waals surface area (Å²) in [7, 11) is 0. The summed E-state index contributed by atoms with van der Waals surface area (Å²) in [5.74, 6) is 0.314. The van der Waals surface area contributed by atoms with E-state index < -0.39 is 0 Å². The van der Waals surface area contributed by atoms with Crippen molar-refractivity contribution in [3.63, 3.8) is 0 Å². The molecule has 0 fully saturated rings. The van der Waals surface area contributed by atoms with Gasteiger partial charge < -0.3 is 10.4 Å². The van der Waals surface area contributed by atoms with Crippen molar-refractivity contribution in [3.8, 4) is 0 Å². The molecule has 0 saturated carbocycles. The number of hydrogen-bond acceptors (Lipinski definition) is 2. The lowest BCUT2D eigenvalue weighted by Gasteiger charge is -2.26. The topological polar surface area (TPSA) is 32.3 Å². The first kappa shape index (κ1) is 15.1. The van der Waals surface area contributed by atoms with Crippen LogP contribution in [0.15, 0.2) is 24.3 Å². The van der Waals surface area contributed by atoms with Crippen LogP contribution in [-0.2, 0) is 6.42 Å². The molecular weight excluding hydrogens is 229 g/mol. The molecule has 2 unspecified atom stereocenters. The van der Waals surface area contributed by atoms with Crippen LogP contribution >= 0.6 is 0 Å². The number of rotatable bonds is 7. The molecule has 0 spiro atoms. The highest BCUT2D eigenvalue weighted by atomic mass is 19.1. The normalized spacial score (nSPS) is 14.8. The SMILES string of the molecule is CC(Cc1ccccc1F)NC(CCO)C(C)C. The summed E-state index contributed by atoms with van der Waals surface area (Å²) in [6.07, 6.45) is 1.40. The average molecular weight is 253 g/mol. The molecule has 2 atom stereocenters. The number of halogens is 1. The Labute approximate surface area is 109 Å². The highest BCUT2D eigenvalue weighted by Gasteiger charge is 2.16. The van der Waals surface area contributed by atoms with E-state index in [2.05, 4.69) is 26.1 Å². The summed E-state index contributed by atoms with van der Waals surface area (Å²) in [6, 6.07) is 7.36. The number of benzene rings is 1. The second kappa shape index (κ2) is 7.49. The molecule has 0 heterocycles. The van der Waals surface area contributed by atoms with Gasteiger partial charge in [-0.25, -0.2) is 4.39 Å². The van der Waals surface area contributed by atoms with Gasteiger partial charge in [0.1, 0.15) is 5.82 Å². The smallest absolute Gasteiger partial charge is 0.126 e. The summed E-state index contributed by atoms with van der Waals surface area (Å²) < 4.78 is 13.5. The van der Waals surface area contributed by atoms with Crippen molar-refractivity contribution >= 4 is 0 Å². The van der Waals surface area contributed by atoms with Crippen LogP contribution < -0.4 is 5.32 Å². The summed E-state index contributed by atoms with van der Waals surface area (Å²) >= 11 is 0. The van der Waals surface area contributed by atoms with Crippen LogP contribution in [0.25, 0.3) is 0 Å². The molecule has 0 bridgehead atoms. The van der Waals surface area contributed by atoms with Crippen LogP contribution in [0, 0.1) is 11.7 Å². The van der Waals surface area contributed by atoms with Crippen molar-refractivity contribution in [1.82, 2.24) is 5.32 Å². The summed E-state index contributed by atoms with van der Waals surface area (Å²) in [5.41, 5.74) is 0.740. The Morgan fingerprint density at radius 2 is 1.89 bits per heavy atom. The van der Waals surface area contributed by atoms with Crippen molar-refractivity contribution in [2.75, 3.05) is 6.61 Å². The molecule has 0 aliphatic rings. The fourth-order valence-electron chi connectivity index (χ4n) is 2.17. The van der Waals surface area contributed by atoms with Crippen molar-refractivity contribution in [2.24, 2.45) is 5.92 Å². The van der Waals surface area contributed by atoms with Crippen LogP contribution in [0.5, 0.6) is 0 Å². The molecule has 2 nitrogen and oxygen atoms in total. The molecule has 0 aromatic heterocycles. The van der Waals surface area contributed by atoms with E-state index >= 15 is 0 Å². The second-order valence-electron chi connectivity index (χ2n) is 5.23. The molecule has 1 aromatic rings. The van der Waals surface area contributed by atoms with Gasteiger partial charge in [-0.05, 0) is 37.3 Å². The van der Waals surface area contributed by atoms with Gasteiger partial charge in [-0.3, -0.25) is 0 Å². The van der Waals surface area contributed by atoms with Gasteiger partial charge in [0.05, 0.1) is 0 Å². The van der Waals surface area contributed by atoms with Crippen molar-refractivity contribution in [2.45, 2.75) is 45.7 Å². The van der Waals surface area contributed by atoms with Crippen LogP contribution in [0.3, 0.4) is 0 Å². The Morgan fingerprint density at radius 3 is 2.44 bits per heavy atom. The molecule has 1 rings (SSSR count). The minimum Gasteiger partial charge on any atom is -0.396 e. The van der Waals surface area contributed by atoms with Gasteiger partial charge >= 0.3 is 0 Å². The van der Waals surface area contributed by atoms with Crippen LogP contribution in [-0.4, -0.2) is 23.8 Å². The Bertz CT molecular complexity index is 354. The van der Waals surface area contributed by atoms with E-state index in [0.29, 0.717) is 12.3 Å². The molecule has 0 saturated heterocycles. The van der Waals surface area contributed by atoms with Crippen LogP contribution in [0.1, 0.15) is 32.8 Å². The molecule has 0 radical (unpaired) electrons. The van der Waals surface area contributed by atoms with Gasteiger partial charge in [-0.2, -0.15) is 0 Å². The first-order valence-electron chi connectivity index (χ1n) is 6.65. The Balaban J connectivity index is 2.55. The predicted molar refractivity (Wildman–Crippen MR) is 73.0 cm³/mol. The fraction of sp³-hybridized carbons (Fsp3) is 0.600. The number of nitrogens with one attached hydrogen (secondary N) is 1. The standard InChI is InChI=1S/C15H24FNO/c1-11(2)15(8-9-18)17-12(3)10-13-6-4-5-7-14(13)16/h4-7,11-12,15,17-18H,8-10H2,1-3H3. The van der Waals surface area contributed by atoms with Crippen molar-refractivity contribution in [3.05, 3.63) is 35.6 Å². The quantitative estimate of drug-likeness (QED) is 0.783. The molecule has 3 heteroatoms. The third-order valence-electron chi connectivity index (χ3n) is 3.23. The van der Waals surface area contributed by atoms with E-state index in [0.717, 1.165) is 12.0 Å². The Hall–Kier alpha value is -0.930. The zero-order valence-electron chi connectivity index (χ0n) is 11.5. The first-order chi connectivity index (χ1) is 8.54. The maximum absolute atomic E-state index is 13.5. The van der Waals surface area contributed by atoms with Gasteiger partial charge in [0, 0.05) is 18.7 Å². The number of aliphatic hydroxyl groups is 1. The van der Waals surface area contributed by atoms with E-state index in [9.17, 15) is 4.39 Å². The van der Waals surface area contributed by atoms with Gasteiger partial charge in [0.2, 0.25) is 0 Å². The third kappa shape index (κ3) is 4.75. The van der Waals surface area contributed by atoms with Gasteiger partial charge in [-0.15, -0.1) is 0 Å². The zero-order valence-corrected chi connectivity index (χ0v) is 11.5. The minimum absolute atomic E-state index is 0.144. The molecule has 0 amide bonds. The van der Waals surface area contributed by atoms with Gasteiger partial charge in [0.25, 0.3) is 0 Å². The average Bonchev–Trinajstić information content (AvgIpc) is 2.31. The lowest BCUT2D eigenvalue weighted by atomic mass is 9.98. The Kier molecular flexibility index (Phi) is 6.30. The largest absolute Gasteiger partial charge is 0.396 e. The zero-order chi connectivity index (χ0) is 13.5. The lowest BCUT2D eigenvalue weighted by molar-refractivity contribution is 0.236. The lowest BCUT2D eigenvalue weighted by Crippen LogP contribution is -2.41. The molecular formula is C15H24FNO. The Morgan fingerprint density at radius 1 is 1.22 bits per heavy atom. The van der Waals surface area contributed by atoms with Crippen molar-refractivity contribution < 1.29 is 9.50 Å². The van der Waals surface area contributed by atoms with E-state index in [1.807, 2.05) is 12.1 Å². The monoisotopic (exact) mass is 253 g/mol. The van der Waals surface area contributed by atoms with E-state index in [4.69, 9.17) is 5.11 Å².